The van der Waals surface area contributed by atoms with Crippen molar-refractivity contribution >= 4 is 5.97 Å². The molecule has 1 N–H and O–H groups in total. The number of carboxylic acid groups (broad SMARTS) is 1. The monoisotopic (exact) mass is 275 g/mol. The van der Waals surface area contributed by atoms with Gasteiger partial charge in [0.05, 0.1) is 0 Å². The molecule has 0 unspecified atom stereocenters. The summed E-state index contributed by atoms with van der Waals surface area (Å²) in [6.45, 7) is 5.39. The molecule has 1 aromatic rings. The van der Waals surface area contributed by atoms with Crippen LogP contribution in [0.5, 0.6) is 0 Å². The Balaban J connectivity index is 1.89. The molecule has 1 aliphatic heterocycles. The molecule has 1 aliphatic rings. The highest BCUT2D eigenvalue weighted by atomic mass is 16.4. The Kier molecular flexibility index (Phi) is 5.60. The summed E-state index contributed by atoms with van der Waals surface area (Å²) in [5.74, 6) is 0.670. The molecular weight excluding hydrogens is 250 g/mol. The molecule has 3 heteroatoms. The summed E-state index contributed by atoms with van der Waals surface area (Å²) >= 11 is 0. The molecule has 1 fully saturated rings. The van der Waals surface area contributed by atoms with E-state index < -0.39 is 5.97 Å². The van der Waals surface area contributed by atoms with E-state index in [9.17, 15) is 4.79 Å². The number of hydrogen-bond acceptors (Lipinski definition) is 2. The zero-order valence-corrected chi connectivity index (χ0v) is 12.3. The zero-order chi connectivity index (χ0) is 14.4. The highest BCUT2D eigenvalue weighted by Crippen LogP contribution is 2.34. The topological polar surface area (TPSA) is 40.5 Å². The van der Waals surface area contributed by atoms with Crippen LogP contribution in [0.4, 0.5) is 0 Å². The molecular formula is C17H25NO2. The summed E-state index contributed by atoms with van der Waals surface area (Å²) in [5, 5.41) is 8.71. The van der Waals surface area contributed by atoms with Gasteiger partial charge in [0.15, 0.2) is 0 Å². The Labute approximate surface area is 121 Å². The SMILES string of the molecule is CC[C@H]1CN(CCCC(=O)O)CC[C@@H]1c1ccccc1. The van der Waals surface area contributed by atoms with Crippen molar-refractivity contribution in [3.63, 3.8) is 0 Å². The second-order valence-electron chi connectivity index (χ2n) is 5.77. The molecule has 0 bridgehead atoms. The number of carbonyl (C=O) groups is 1. The van der Waals surface area contributed by atoms with Crippen molar-refractivity contribution in [1.29, 1.82) is 0 Å². The van der Waals surface area contributed by atoms with Crippen molar-refractivity contribution in [2.45, 2.75) is 38.5 Å². The van der Waals surface area contributed by atoms with Gasteiger partial charge in [0.25, 0.3) is 0 Å². The van der Waals surface area contributed by atoms with Crippen molar-refractivity contribution in [3.05, 3.63) is 35.9 Å². The average Bonchev–Trinajstić information content (AvgIpc) is 2.47. The number of aliphatic carboxylic acids is 1. The van der Waals surface area contributed by atoms with Gasteiger partial charge < -0.3 is 10.0 Å². The molecule has 1 heterocycles. The molecule has 1 saturated heterocycles. The van der Waals surface area contributed by atoms with E-state index in [1.165, 1.54) is 18.4 Å². The van der Waals surface area contributed by atoms with Crippen LogP contribution in [0.25, 0.3) is 0 Å². The van der Waals surface area contributed by atoms with Gasteiger partial charge in [0, 0.05) is 13.0 Å². The molecule has 0 radical (unpaired) electrons. The van der Waals surface area contributed by atoms with E-state index in [1.807, 2.05) is 0 Å². The third kappa shape index (κ3) is 4.07. The number of piperidine rings is 1. The Morgan fingerprint density at radius 1 is 1.35 bits per heavy atom. The highest BCUT2D eigenvalue weighted by molar-refractivity contribution is 5.66. The molecule has 0 aromatic heterocycles. The smallest absolute Gasteiger partial charge is 0.303 e. The third-order valence-corrected chi connectivity index (χ3v) is 4.44. The summed E-state index contributed by atoms with van der Waals surface area (Å²) in [7, 11) is 0. The lowest BCUT2D eigenvalue weighted by atomic mass is 9.79. The van der Waals surface area contributed by atoms with E-state index in [2.05, 4.69) is 42.2 Å². The van der Waals surface area contributed by atoms with E-state index in [4.69, 9.17) is 5.11 Å². The molecule has 1 aromatic carbocycles. The van der Waals surface area contributed by atoms with Crippen LogP contribution in [0.15, 0.2) is 30.3 Å². The number of nitrogens with zero attached hydrogens (tertiary/aromatic N) is 1. The maximum atomic E-state index is 10.6. The molecule has 0 aliphatic carbocycles. The molecule has 3 nitrogen and oxygen atoms in total. The molecule has 0 spiro atoms. The number of rotatable bonds is 6. The molecule has 0 saturated carbocycles. The summed E-state index contributed by atoms with van der Waals surface area (Å²) in [4.78, 5) is 13.0. The summed E-state index contributed by atoms with van der Waals surface area (Å²) in [6, 6.07) is 10.8. The van der Waals surface area contributed by atoms with Crippen LogP contribution in [0.2, 0.25) is 0 Å². The van der Waals surface area contributed by atoms with Gasteiger partial charge in [-0.05, 0) is 43.3 Å². The van der Waals surface area contributed by atoms with Crippen molar-refractivity contribution < 1.29 is 9.90 Å². The minimum absolute atomic E-state index is 0.287. The van der Waals surface area contributed by atoms with Crippen LogP contribution in [-0.4, -0.2) is 35.6 Å². The van der Waals surface area contributed by atoms with Gasteiger partial charge >= 0.3 is 5.97 Å². The predicted octanol–water partition coefficient (Wildman–Crippen LogP) is 3.37. The molecule has 110 valence electrons. The standard InChI is InChI=1S/C17H25NO2/c1-2-14-13-18(11-6-9-17(19)20)12-10-16(14)15-7-4-3-5-8-15/h3-5,7-8,14,16H,2,6,9-13H2,1H3,(H,19,20)/t14-,16-/m0/s1. The van der Waals surface area contributed by atoms with Gasteiger partial charge in [-0.15, -0.1) is 0 Å². The number of likely N-dealkylation sites (tertiary alicyclic amines) is 1. The van der Waals surface area contributed by atoms with E-state index in [0.29, 0.717) is 11.8 Å². The fourth-order valence-electron chi connectivity index (χ4n) is 3.32. The van der Waals surface area contributed by atoms with Crippen LogP contribution < -0.4 is 0 Å². The number of benzene rings is 1. The van der Waals surface area contributed by atoms with Gasteiger partial charge in [-0.2, -0.15) is 0 Å². The lowest BCUT2D eigenvalue weighted by Crippen LogP contribution is -2.39. The summed E-state index contributed by atoms with van der Waals surface area (Å²) < 4.78 is 0. The van der Waals surface area contributed by atoms with E-state index in [-0.39, 0.29) is 6.42 Å². The van der Waals surface area contributed by atoms with Gasteiger partial charge in [-0.25, -0.2) is 0 Å². The minimum Gasteiger partial charge on any atom is -0.481 e. The quantitative estimate of drug-likeness (QED) is 0.865. The molecule has 20 heavy (non-hydrogen) atoms. The molecule has 2 atom stereocenters. The van der Waals surface area contributed by atoms with Crippen LogP contribution >= 0.6 is 0 Å². The van der Waals surface area contributed by atoms with Crippen LogP contribution in [0.3, 0.4) is 0 Å². The number of carboxylic acids is 1. The Bertz CT molecular complexity index is 418. The van der Waals surface area contributed by atoms with Gasteiger partial charge in [0.1, 0.15) is 0 Å². The first-order chi connectivity index (χ1) is 9.70. The Hall–Kier alpha value is -1.35. The Morgan fingerprint density at radius 2 is 2.10 bits per heavy atom. The van der Waals surface area contributed by atoms with Gasteiger partial charge in [-0.3, -0.25) is 4.79 Å². The molecule has 2 rings (SSSR count). The zero-order valence-electron chi connectivity index (χ0n) is 12.3. The first kappa shape index (κ1) is 15.0. The fraction of sp³-hybridized carbons (Fsp3) is 0.588. The Morgan fingerprint density at radius 3 is 2.75 bits per heavy atom. The normalized spacial score (nSPS) is 23.6. The van der Waals surface area contributed by atoms with E-state index in [1.54, 1.807) is 0 Å². The van der Waals surface area contributed by atoms with E-state index in [0.717, 1.165) is 26.1 Å². The van der Waals surface area contributed by atoms with Crippen molar-refractivity contribution in [1.82, 2.24) is 4.90 Å². The van der Waals surface area contributed by atoms with Crippen LogP contribution in [-0.2, 0) is 4.79 Å². The van der Waals surface area contributed by atoms with E-state index >= 15 is 0 Å². The maximum Gasteiger partial charge on any atom is 0.303 e. The van der Waals surface area contributed by atoms with Gasteiger partial charge in [0.2, 0.25) is 0 Å². The summed E-state index contributed by atoms with van der Waals surface area (Å²) in [6.07, 6.45) is 3.43. The summed E-state index contributed by atoms with van der Waals surface area (Å²) in [5.41, 5.74) is 1.46. The highest BCUT2D eigenvalue weighted by Gasteiger charge is 2.28. The third-order valence-electron chi connectivity index (χ3n) is 4.44. The van der Waals surface area contributed by atoms with Crippen LogP contribution in [0.1, 0.15) is 44.1 Å². The van der Waals surface area contributed by atoms with Crippen molar-refractivity contribution in [3.8, 4) is 0 Å². The lowest BCUT2D eigenvalue weighted by molar-refractivity contribution is -0.137. The number of hydrogen-bond donors (Lipinski definition) is 1. The molecule has 0 amide bonds. The predicted molar refractivity (Wildman–Crippen MR) is 80.9 cm³/mol. The first-order valence-electron chi connectivity index (χ1n) is 7.69. The van der Waals surface area contributed by atoms with Gasteiger partial charge in [-0.1, -0.05) is 43.7 Å². The largest absolute Gasteiger partial charge is 0.481 e. The fourth-order valence-corrected chi connectivity index (χ4v) is 3.32. The maximum absolute atomic E-state index is 10.6. The average molecular weight is 275 g/mol. The second kappa shape index (κ2) is 7.44. The lowest BCUT2D eigenvalue weighted by Gasteiger charge is -2.38. The second-order valence-corrected chi connectivity index (χ2v) is 5.77. The minimum atomic E-state index is -0.684. The first-order valence-corrected chi connectivity index (χ1v) is 7.69. The van der Waals surface area contributed by atoms with Crippen LogP contribution in [0, 0.1) is 5.92 Å². The van der Waals surface area contributed by atoms with Crippen molar-refractivity contribution in [2.24, 2.45) is 5.92 Å². The van der Waals surface area contributed by atoms with Crippen molar-refractivity contribution in [2.75, 3.05) is 19.6 Å².